The largest absolute Gasteiger partial charge is 0.508 e. The van der Waals surface area contributed by atoms with Gasteiger partial charge in [0.15, 0.2) is 5.78 Å². The van der Waals surface area contributed by atoms with Crippen molar-refractivity contribution in [3.63, 3.8) is 0 Å². The second-order valence-corrected chi connectivity index (χ2v) is 11.5. The van der Waals surface area contributed by atoms with E-state index >= 15 is 0 Å². The minimum Gasteiger partial charge on any atom is -0.508 e. The summed E-state index contributed by atoms with van der Waals surface area (Å²) < 4.78 is 24.0. The molecule has 44 heavy (non-hydrogen) atoms. The molecule has 0 saturated carbocycles. The minimum absolute atomic E-state index is 0.0243. The van der Waals surface area contributed by atoms with Crippen LogP contribution in [0.15, 0.2) is 49.1 Å². The normalized spacial score (nSPS) is 11.9. The smallest absolute Gasteiger partial charge is 0.158 e. The van der Waals surface area contributed by atoms with Crippen molar-refractivity contribution >= 4 is 23.7 Å². The van der Waals surface area contributed by atoms with Crippen molar-refractivity contribution in [1.82, 2.24) is 0 Å². The molecule has 3 aromatic carbocycles. The maximum absolute atomic E-state index is 11.6. The van der Waals surface area contributed by atoms with Gasteiger partial charge < -0.3 is 24.1 Å². The van der Waals surface area contributed by atoms with Gasteiger partial charge in [0.1, 0.15) is 29.6 Å². The molecule has 232 valence electrons. The van der Waals surface area contributed by atoms with E-state index in [1.165, 1.54) is 5.56 Å². The van der Waals surface area contributed by atoms with Gasteiger partial charge in [-0.2, -0.15) is 0 Å². The van der Waals surface area contributed by atoms with Gasteiger partial charge >= 0.3 is 0 Å². The van der Waals surface area contributed by atoms with Gasteiger partial charge in [0.05, 0.1) is 19.8 Å². The lowest BCUT2D eigenvalue weighted by molar-refractivity contribution is -0.115. The molecular formula is C38H44O6. The number of ketones is 1. The van der Waals surface area contributed by atoms with Gasteiger partial charge in [-0.05, 0) is 122 Å². The first kappa shape index (κ1) is 32.8. The molecule has 3 aromatic rings. The quantitative estimate of drug-likeness (QED) is 0.0974. The van der Waals surface area contributed by atoms with Crippen LogP contribution in [0.3, 0.4) is 0 Å². The molecule has 1 aliphatic heterocycles. The molecule has 0 radical (unpaired) electrons. The second-order valence-electron chi connectivity index (χ2n) is 11.5. The number of ether oxygens (including phenoxy) is 4. The summed E-state index contributed by atoms with van der Waals surface area (Å²) in [7, 11) is 0. The number of allylic oxidation sites excluding steroid dienone is 1. The lowest BCUT2D eigenvalue weighted by atomic mass is 9.85. The zero-order chi connectivity index (χ0) is 32.1. The Hall–Kier alpha value is -4.13. The number of hydrogen-bond donors (Lipinski definition) is 1. The Morgan fingerprint density at radius 2 is 1.50 bits per heavy atom. The summed E-state index contributed by atoms with van der Waals surface area (Å²) in [6, 6.07) is 9.89. The number of hydrogen-bond acceptors (Lipinski definition) is 6. The predicted molar refractivity (Wildman–Crippen MR) is 177 cm³/mol. The lowest BCUT2D eigenvalue weighted by Crippen LogP contribution is -2.25. The first-order valence-electron chi connectivity index (χ1n) is 15.0. The molecule has 0 bridgehead atoms. The number of carbonyl (C=O) groups excluding carboxylic acids is 1. The van der Waals surface area contributed by atoms with Crippen molar-refractivity contribution in [3.8, 4) is 17.2 Å². The maximum atomic E-state index is 11.6. The van der Waals surface area contributed by atoms with E-state index in [-0.39, 0.29) is 11.5 Å². The molecule has 0 aromatic heterocycles. The molecule has 0 spiro atoms. The molecule has 1 N–H and O–H groups in total. The minimum atomic E-state index is -0.0243. The van der Waals surface area contributed by atoms with Crippen molar-refractivity contribution in [3.05, 3.63) is 104 Å². The topological polar surface area (TPSA) is 74.2 Å². The Balaban J connectivity index is 1.58. The Labute approximate surface area is 260 Å². The van der Waals surface area contributed by atoms with E-state index in [1.807, 2.05) is 25.1 Å². The van der Waals surface area contributed by atoms with E-state index < -0.39 is 0 Å². The summed E-state index contributed by atoms with van der Waals surface area (Å²) >= 11 is 0. The lowest BCUT2D eigenvalue weighted by Gasteiger charge is -2.27. The van der Waals surface area contributed by atoms with Crippen LogP contribution in [-0.4, -0.2) is 43.9 Å². The third-order valence-corrected chi connectivity index (χ3v) is 8.33. The van der Waals surface area contributed by atoms with E-state index in [4.69, 9.17) is 18.9 Å². The molecule has 0 atom stereocenters. The average molecular weight is 597 g/mol. The number of Topliss-reactive ketones (excluding diaryl/α,β-unsaturated/α-hetero) is 1. The molecule has 6 heteroatoms. The van der Waals surface area contributed by atoms with Crippen LogP contribution in [0.1, 0.15) is 64.3 Å². The van der Waals surface area contributed by atoms with Crippen LogP contribution in [0.2, 0.25) is 0 Å². The molecule has 0 aliphatic carbocycles. The van der Waals surface area contributed by atoms with E-state index in [2.05, 4.69) is 59.6 Å². The zero-order valence-corrected chi connectivity index (χ0v) is 26.9. The number of aliphatic hydroxyl groups excluding tert-OH is 1. The van der Waals surface area contributed by atoms with E-state index in [9.17, 15) is 9.90 Å². The van der Waals surface area contributed by atoms with Crippen molar-refractivity contribution < 1.29 is 28.8 Å². The fourth-order valence-corrected chi connectivity index (χ4v) is 5.39. The van der Waals surface area contributed by atoms with Crippen molar-refractivity contribution in [2.24, 2.45) is 0 Å². The third-order valence-electron chi connectivity index (χ3n) is 8.33. The first-order chi connectivity index (χ1) is 20.9. The summed E-state index contributed by atoms with van der Waals surface area (Å²) in [6.45, 7) is 26.0. The Morgan fingerprint density at radius 1 is 0.818 bits per heavy atom. The Kier molecular flexibility index (Phi) is 10.5. The molecule has 0 unspecified atom stereocenters. The number of aliphatic hydroxyl groups is 1. The number of aryl methyl sites for hydroxylation is 2. The molecule has 0 fully saturated rings. The summed E-state index contributed by atoms with van der Waals surface area (Å²) in [5, 5.41) is 12.6. The molecular weight excluding hydrogens is 552 g/mol. The standard InChI is InChI=1S/C38H44O6/c1-22(2)35(40)11-10-14-41-15-16-42-17-18-43-30-12-13-31(29(9)39)32(21-30)36-33-19-23(3)25(5)27(7)37(33)44-38-28(8)26(6)24(4)20-34(36)38/h12-13,19-21,39H,1,5,9-11,14-18H2,2-4,6-8H3. The number of rotatable bonds is 14. The Morgan fingerprint density at radius 3 is 2.18 bits per heavy atom. The van der Waals surface area contributed by atoms with Gasteiger partial charge in [-0.3, -0.25) is 4.79 Å². The molecule has 4 rings (SSSR count). The highest BCUT2D eigenvalue weighted by molar-refractivity contribution is 5.94. The van der Waals surface area contributed by atoms with E-state index in [0.717, 1.165) is 60.9 Å². The molecule has 1 aliphatic rings. The molecule has 6 nitrogen and oxygen atoms in total. The van der Waals surface area contributed by atoms with Crippen molar-refractivity contribution in [1.29, 1.82) is 0 Å². The predicted octanol–water partition coefficient (Wildman–Crippen LogP) is 6.86. The van der Waals surface area contributed by atoms with Crippen LogP contribution < -0.4 is 19.9 Å². The van der Waals surface area contributed by atoms with Crippen molar-refractivity contribution in [2.75, 3.05) is 33.0 Å². The van der Waals surface area contributed by atoms with Crippen LogP contribution in [-0.2, 0) is 14.3 Å². The van der Waals surface area contributed by atoms with Gasteiger partial charge in [0.25, 0.3) is 0 Å². The summed E-state index contributed by atoms with van der Waals surface area (Å²) in [5.74, 6) is 2.28. The van der Waals surface area contributed by atoms with Crippen LogP contribution in [0.4, 0.5) is 0 Å². The number of carbonyl (C=O) groups is 1. The summed E-state index contributed by atoms with van der Waals surface area (Å²) in [4.78, 5) is 11.6. The van der Waals surface area contributed by atoms with Crippen molar-refractivity contribution in [2.45, 2.75) is 54.4 Å². The van der Waals surface area contributed by atoms with Gasteiger partial charge in [-0.15, -0.1) is 0 Å². The van der Waals surface area contributed by atoms with Gasteiger partial charge in [-0.25, -0.2) is 0 Å². The zero-order valence-electron chi connectivity index (χ0n) is 26.9. The number of fused-ring (bicyclic) bond motifs is 2. The fraction of sp³-hybridized carbons (Fsp3) is 0.342. The average Bonchev–Trinajstić information content (AvgIpc) is 2.98. The molecule has 1 heterocycles. The van der Waals surface area contributed by atoms with E-state index in [0.29, 0.717) is 62.8 Å². The first-order valence-corrected chi connectivity index (χ1v) is 15.0. The maximum Gasteiger partial charge on any atom is 0.158 e. The van der Waals surface area contributed by atoms with E-state index in [1.54, 1.807) is 6.92 Å². The summed E-state index contributed by atoms with van der Waals surface area (Å²) in [5.41, 5.74) is 9.37. The fourth-order valence-electron chi connectivity index (χ4n) is 5.39. The van der Waals surface area contributed by atoms with Crippen LogP contribution in [0.5, 0.6) is 17.2 Å². The highest BCUT2D eigenvalue weighted by atomic mass is 16.5. The van der Waals surface area contributed by atoms with Crippen LogP contribution in [0, 0.1) is 34.6 Å². The molecule has 0 amide bonds. The SMILES string of the molecule is C=C(C)C(=O)CCCOCCOCCOc1ccc(C(=C)O)c(C2=c3cc(C)c(=C)c(C)c3Oc3c2cc(C)c(C)c3C)c1. The highest BCUT2D eigenvalue weighted by Gasteiger charge is 2.27. The van der Waals surface area contributed by atoms with Gasteiger partial charge in [0.2, 0.25) is 0 Å². The Bertz CT molecular complexity index is 1730. The summed E-state index contributed by atoms with van der Waals surface area (Å²) in [6.07, 6.45) is 1.12. The third kappa shape index (κ3) is 6.98. The van der Waals surface area contributed by atoms with Crippen LogP contribution >= 0.6 is 0 Å². The van der Waals surface area contributed by atoms with Crippen LogP contribution in [0.25, 0.3) is 17.9 Å². The monoisotopic (exact) mass is 596 g/mol. The van der Waals surface area contributed by atoms with Gasteiger partial charge in [0, 0.05) is 34.9 Å². The number of benzene rings is 3. The molecule has 0 saturated heterocycles. The van der Waals surface area contributed by atoms with Gasteiger partial charge in [-0.1, -0.05) is 19.7 Å². The highest BCUT2D eigenvalue weighted by Crippen LogP contribution is 2.43. The second kappa shape index (κ2) is 14.1.